The van der Waals surface area contributed by atoms with Crippen LogP contribution in [0.25, 0.3) is 10.9 Å². The molecule has 0 radical (unpaired) electrons. The molecule has 1 aromatic heterocycles. The maximum Gasteiger partial charge on any atom is 0.261 e. The van der Waals surface area contributed by atoms with E-state index < -0.39 is 17.5 Å². The van der Waals surface area contributed by atoms with E-state index in [1.54, 1.807) is 0 Å². The van der Waals surface area contributed by atoms with E-state index in [9.17, 15) is 14.3 Å². The van der Waals surface area contributed by atoms with Crippen molar-refractivity contribution in [2.24, 2.45) is 0 Å². The van der Waals surface area contributed by atoms with Crippen LogP contribution in [0.15, 0.2) is 27.7 Å². The number of fused-ring (bicyclic) bond motifs is 1. The Morgan fingerprint density at radius 3 is 3.00 bits per heavy atom. The van der Waals surface area contributed by atoms with Crippen LogP contribution in [-0.4, -0.2) is 34.0 Å². The van der Waals surface area contributed by atoms with Crippen molar-refractivity contribution in [1.29, 1.82) is 0 Å². The number of nitrogens with zero attached hydrogens (tertiary/aromatic N) is 2. The first-order valence-electron chi connectivity index (χ1n) is 6.13. The van der Waals surface area contributed by atoms with Crippen LogP contribution in [0.4, 0.5) is 4.39 Å². The summed E-state index contributed by atoms with van der Waals surface area (Å²) < 4.78 is 20.5. The Morgan fingerprint density at radius 2 is 2.30 bits per heavy atom. The zero-order valence-corrected chi connectivity index (χ0v) is 12.4. The second-order valence-electron chi connectivity index (χ2n) is 4.30. The lowest BCUT2D eigenvalue weighted by Crippen LogP contribution is -2.29. The van der Waals surface area contributed by atoms with E-state index in [0.717, 1.165) is 0 Å². The van der Waals surface area contributed by atoms with Crippen LogP contribution in [0.1, 0.15) is 6.92 Å². The number of aliphatic hydroxyl groups excluding tert-OH is 1. The lowest BCUT2D eigenvalue weighted by Gasteiger charge is -2.12. The molecule has 20 heavy (non-hydrogen) atoms. The number of hydrogen-bond acceptors (Lipinski definition) is 4. The van der Waals surface area contributed by atoms with Gasteiger partial charge in [0.2, 0.25) is 0 Å². The maximum absolute atomic E-state index is 13.7. The molecule has 1 N–H and O–H groups in total. The van der Waals surface area contributed by atoms with Gasteiger partial charge >= 0.3 is 0 Å². The minimum Gasteiger partial charge on any atom is -0.389 e. The summed E-state index contributed by atoms with van der Waals surface area (Å²) in [4.78, 5) is 16.2. The number of aromatic nitrogens is 2. The van der Waals surface area contributed by atoms with Gasteiger partial charge in [-0.25, -0.2) is 9.37 Å². The van der Waals surface area contributed by atoms with E-state index in [-0.39, 0.29) is 24.1 Å². The fraction of sp³-hybridized carbons (Fsp3) is 0.385. The van der Waals surface area contributed by atoms with E-state index in [1.807, 2.05) is 6.92 Å². The van der Waals surface area contributed by atoms with Gasteiger partial charge in [0.15, 0.2) is 5.82 Å². The normalized spacial score (nSPS) is 12.8. The Kier molecular flexibility index (Phi) is 4.85. The summed E-state index contributed by atoms with van der Waals surface area (Å²) in [5.41, 5.74) is -0.375. The summed E-state index contributed by atoms with van der Waals surface area (Å²) in [6.45, 7) is 2.49. The third-order valence-electron chi connectivity index (χ3n) is 2.77. The quantitative estimate of drug-likeness (QED) is 0.896. The van der Waals surface area contributed by atoms with Gasteiger partial charge in [0.25, 0.3) is 5.56 Å². The highest BCUT2D eigenvalue weighted by atomic mass is 79.9. The monoisotopic (exact) mass is 344 g/mol. The van der Waals surface area contributed by atoms with E-state index >= 15 is 0 Å². The molecular weight excluding hydrogens is 331 g/mol. The Morgan fingerprint density at radius 1 is 1.55 bits per heavy atom. The topological polar surface area (TPSA) is 64.3 Å². The smallest absolute Gasteiger partial charge is 0.261 e. The molecule has 0 saturated carbocycles. The highest BCUT2D eigenvalue weighted by Gasteiger charge is 2.12. The molecule has 1 unspecified atom stereocenters. The van der Waals surface area contributed by atoms with Gasteiger partial charge in [0, 0.05) is 11.1 Å². The summed E-state index contributed by atoms with van der Waals surface area (Å²) in [6.07, 6.45) is 0.417. The Balaban J connectivity index is 2.37. The van der Waals surface area contributed by atoms with Crippen LogP contribution < -0.4 is 5.56 Å². The lowest BCUT2D eigenvalue weighted by atomic mass is 10.2. The molecule has 0 spiro atoms. The highest BCUT2D eigenvalue weighted by molar-refractivity contribution is 9.10. The van der Waals surface area contributed by atoms with Crippen molar-refractivity contribution in [2.75, 3.05) is 13.2 Å². The first kappa shape index (κ1) is 15.1. The van der Waals surface area contributed by atoms with Crippen molar-refractivity contribution < 1.29 is 14.2 Å². The van der Waals surface area contributed by atoms with Crippen LogP contribution in [0.2, 0.25) is 0 Å². The van der Waals surface area contributed by atoms with Gasteiger partial charge in [-0.1, -0.05) is 15.9 Å². The van der Waals surface area contributed by atoms with Crippen LogP contribution in [0.5, 0.6) is 0 Å². The summed E-state index contributed by atoms with van der Waals surface area (Å²) in [5, 5.41) is 9.91. The molecule has 1 aromatic carbocycles. The molecule has 108 valence electrons. The summed E-state index contributed by atoms with van der Waals surface area (Å²) in [5.74, 6) is -0.562. The van der Waals surface area contributed by atoms with Crippen molar-refractivity contribution in [2.45, 2.75) is 19.6 Å². The molecule has 2 rings (SSSR count). The van der Waals surface area contributed by atoms with Gasteiger partial charge in [0.05, 0.1) is 31.0 Å². The van der Waals surface area contributed by atoms with Gasteiger partial charge in [-0.3, -0.25) is 9.36 Å². The van der Waals surface area contributed by atoms with E-state index in [2.05, 4.69) is 20.9 Å². The summed E-state index contributed by atoms with van der Waals surface area (Å²) >= 11 is 3.14. The molecule has 0 aliphatic heterocycles. The van der Waals surface area contributed by atoms with Gasteiger partial charge < -0.3 is 9.84 Å². The van der Waals surface area contributed by atoms with E-state index in [4.69, 9.17) is 4.74 Å². The average molecular weight is 345 g/mol. The highest BCUT2D eigenvalue weighted by Crippen LogP contribution is 2.18. The number of aliphatic hydroxyl groups is 1. The number of ether oxygens (including phenoxy) is 1. The van der Waals surface area contributed by atoms with Crippen molar-refractivity contribution in [3.63, 3.8) is 0 Å². The van der Waals surface area contributed by atoms with Crippen LogP contribution in [0, 0.1) is 5.82 Å². The number of hydrogen-bond donors (Lipinski definition) is 1. The minimum absolute atomic E-state index is 0.0220. The second-order valence-corrected chi connectivity index (χ2v) is 5.21. The average Bonchev–Trinajstić information content (AvgIpc) is 2.40. The minimum atomic E-state index is -0.816. The molecule has 0 amide bonds. The number of halogens is 2. The van der Waals surface area contributed by atoms with Crippen molar-refractivity contribution in [3.05, 3.63) is 39.1 Å². The third-order valence-corrected chi connectivity index (χ3v) is 3.23. The number of rotatable bonds is 5. The predicted molar refractivity (Wildman–Crippen MR) is 76.2 cm³/mol. The standard InChI is InChI=1S/C13H14BrFN2O3/c1-2-20-6-9(18)5-17-7-16-12-10(13(17)19)3-8(14)4-11(12)15/h3-4,7,9,18H,2,5-6H2,1H3. The van der Waals surface area contributed by atoms with Gasteiger partial charge in [-0.05, 0) is 19.1 Å². The van der Waals surface area contributed by atoms with Crippen LogP contribution >= 0.6 is 15.9 Å². The van der Waals surface area contributed by atoms with Crippen LogP contribution in [0.3, 0.4) is 0 Å². The van der Waals surface area contributed by atoms with Gasteiger partial charge in [-0.15, -0.1) is 0 Å². The van der Waals surface area contributed by atoms with Gasteiger partial charge in [-0.2, -0.15) is 0 Å². The SMILES string of the molecule is CCOCC(O)Cn1cnc2c(F)cc(Br)cc2c1=O. The molecular formula is C13H14BrFN2O3. The fourth-order valence-corrected chi connectivity index (χ4v) is 2.29. The molecule has 0 fully saturated rings. The predicted octanol–water partition coefficient (Wildman–Crippen LogP) is 1.70. The largest absolute Gasteiger partial charge is 0.389 e. The molecule has 0 saturated heterocycles. The van der Waals surface area contributed by atoms with E-state index in [0.29, 0.717) is 11.1 Å². The van der Waals surface area contributed by atoms with Crippen LogP contribution in [-0.2, 0) is 11.3 Å². The Bertz CT molecular complexity index is 674. The Hall–Kier alpha value is -1.31. The lowest BCUT2D eigenvalue weighted by molar-refractivity contribution is 0.0329. The first-order valence-corrected chi connectivity index (χ1v) is 6.92. The Labute approximate surface area is 123 Å². The summed E-state index contributed by atoms with van der Waals surface area (Å²) in [7, 11) is 0. The van der Waals surface area contributed by atoms with Crippen molar-refractivity contribution in [1.82, 2.24) is 9.55 Å². The molecule has 2 aromatic rings. The molecule has 1 atom stereocenters. The second kappa shape index (κ2) is 6.43. The zero-order chi connectivity index (χ0) is 14.7. The number of benzene rings is 1. The van der Waals surface area contributed by atoms with Gasteiger partial charge in [0.1, 0.15) is 5.52 Å². The molecule has 5 nitrogen and oxygen atoms in total. The molecule has 0 aliphatic carbocycles. The molecule has 1 heterocycles. The first-order chi connectivity index (χ1) is 9.52. The summed E-state index contributed by atoms with van der Waals surface area (Å²) in [6, 6.07) is 2.77. The van der Waals surface area contributed by atoms with Crippen molar-refractivity contribution in [3.8, 4) is 0 Å². The molecule has 0 aliphatic rings. The van der Waals surface area contributed by atoms with E-state index in [1.165, 1.54) is 23.0 Å². The van der Waals surface area contributed by atoms with Crippen molar-refractivity contribution >= 4 is 26.8 Å². The maximum atomic E-state index is 13.7. The third kappa shape index (κ3) is 3.23. The zero-order valence-electron chi connectivity index (χ0n) is 10.8. The fourth-order valence-electron chi connectivity index (χ4n) is 1.86. The molecule has 0 bridgehead atoms. The molecule has 7 heteroatoms.